The van der Waals surface area contributed by atoms with Crippen LogP contribution in [0.25, 0.3) is 10.9 Å². The molecule has 3 aromatic carbocycles. The first-order chi connectivity index (χ1) is 16.1. The fourth-order valence-electron chi connectivity index (χ4n) is 4.87. The predicted molar refractivity (Wildman–Crippen MR) is 130 cm³/mol. The van der Waals surface area contributed by atoms with Gasteiger partial charge in [-0.15, -0.1) is 0 Å². The Balaban J connectivity index is 1.11. The molecule has 3 N–H and O–H groups in total. The smallest absolute Gasteiger partial charge is 0.255 e. The average Bonchev–Trinajstić information content (AvgIpc) is 2.77. The lowest BCUT2D eigenvalue weighted by molar-refractivity contribution is 0.00214. The number of hydrogen-bond donors (Lipinski definition) is 3. The van der Waals surface area contributed by atoms with Gasteiger partial charge in [0, 0.05) is 45.4 Å². The van der Waals surface area contributed by atoms with Gasteiger partial charge in [0.25, 0.3) is 5.91 Å². The van der Waals surface area contributed by atoms with Crippen molar-refractivity contribution in [3.05, 3.63) is 90.4 Å². The minimum absolute atomic E-state index is 0.168. The highest BCUT2D eigenvalue weighted by molar-refractivity contribution is 6.04. The van der Waals surface area contributed by atoms with Gasteiger partial charge in [0.2, 0.25) is 0 Å². The van der Waals surface area contributed by atoms with E-state index in [4.69, 9.17) is 0 Å². The largest absolute Gasteiger partial charge is 0.380 e. The van der Waals surface area contributed by atoms with Crippen LogP contribution >= 0.6 is 0 Å². The Kier molecular flexibility index (Phi) is 4.54. The van der Waals surface area contributed by atoms with Crippen LogP contribution < -0.4 is 16.0 Å². The fraction of sp³-hybridized carbons (Fsp3) is 0.185. The number of hydrogen-bond acceptors (Lipinski definition) is 4. The summed E-state index contributed by atoms with van der Waals surface area (Å²) in [6, 6.07) is 21.4. The molecule has 3 aliphatic rings. The molecule has 5 nitrogen and oxygen atoms in total. The van der Waals surface area contributed by atoms with Crippen LogP contribution in [-0.2, 0) is 0 Å². The summed E-state index contributed by atoms with van der Waals surface area (Å²) in [6.07, 6.45) is 5.53. The standard InChI is InChI=1S/C27H23FN4O/c28-19-3-10-24-23(13-19)25(11-12-29-24)30-20-4-1-18(2-5-20)26(33)31-21-6-8-22(9-7-21)32-27-14-17(15-27)16-27/h1-13,17,32H,14-16H2,(H,29,30)(H,31,33). The molecule has 4 aromatic rings. The zero-order valence-electron chi connectivity index (χ0n) is 17.9. The number of benzene rings is 3. The third-order valence-corrected chi connectivity index (χ3v) is 6.72. The van der Waals surface area contributed by atoms with E-state index in [1.165, 1.54) is 31.4 Å². The Hall–Kier alpha value is -3.93. The molecule has 1 heterocycles. The number of anilines is 4. The predicted octanol–water partition coefficient (Wildman–Crippen LogP) is 6.33. The second kappa shape index (κ2) is 7.59. The monoisotopic (exact) mass is 438 g/mol. The zero-order chi connectivity index (χ0) is 22.4. The second-order valence-electron chi connectivity index (χ2n) is 9.14. The molecule has 0 spiro atoms. The highest BCUT2D eigenvalue weighted by Crippen LogP contribution is 2.58. The van der Waals surface area contributed by atoms with Crippen LogP contribution in [-0.4, -0.2) is 16.4 Å². The molecule has 3 aliphatic carbocycles. The van der Waals surface area contributed by atoms with Crippen LogP contribution in [0.2, 0.25) is 0 Å². The molecule has 164 valence electrons. The summed E-state index contributed by atoms with van der Waals surface area (Å²) in [5.41, 5.74) is 5.02. The van der Waals surface area contributed by atoms with Crippen LogP contribution in [0.4, 0.5) is 27.1 Å². The summed E-state index contributed by atoms with van der Waals surface area (Å²) in [6.45, 7) is 0. The summed E-state index contributed by atoms with van der Waals surface area (Å²) < 4.78 is 13.7. The first-order valence-corrected chi connectivity index (χ1v) is 11.2. The molecule has 7 rings (SSSR count). The number of aromatic nitrogens is 1. The van der Waals surface area contributed by atoms with Crippen LogP contribution in [0, 0.1) is 11.7 Å². The number of pyridine rings is 1. The van der Waals surface area contributed by atoms with E-state index in [0.29, 0.717) is 22.0 Å². The highest BCUT2D eigenvalue weighted by atomic mass is 19.1. The summed E-state index contributed by atoms with van der Waals surface area (Å²) in [5, 5.41) is 10.6. The lowest BCUT2D eigenvalue weighted by atomic mass is 9.50. The zero-order valence-corrected chi connectivity index (χ0v) is 17.9. The van der Waals surface area contributed by atoms with E-state index in [9.17, 15) is 9.18 Å². The maximum Gasteiger partial charge on any atom is 0.255 e. The van der Waals surface area contributed by atoms with Gasteiger partial charge in [-0.2, -0.15) is 0 Å². The van der Waals surface area contributed by atoms with Gasteiger partial charge in [-0.1, -0.05) is 0 Å². The van der Waals surface area contributed by atoms with Crippen LogP contribution in [0.15, 0.2) is 79.0 Å². The lowest BCUT2D eigenvalue weighted by Crippen LogP contribution is -2.63. The van der Waals surface area contributed by atoms with Crippen LogP contribution in [0.1, 0.15) is 29.6 Å². The van der Waals surface area contributed by atoms with Gasteiger partial charge < -0.3 is 16.0 Å². The topological polar surface area (TPSA) is 66.1 Å². The van der Waals surface area contributed by atoms with Crippen molar-refractivity contribution < 1.29 is 9.18 Å². The molecule has 3 saturated carbocycles. The Labute approximate surface area is 191 Å². The first kappa shape index (κ1) is 19.7. The molecule has 0 atom stereocenters. The number of carbonyl (C=O) groups excluding carboxylic acids is 1. The Bertz CT molecular complexity index is 1330. The molecule has 3 fully saturated rings. The van der Waals surface area contributed by atoms with Crippen molar-refractivity contribution >= 4 is 39.6 Å². The summed E-state index contributed by atoms with van der Waals surface area (Å²) >= 11 is 0. The number of nitrogens with zero attached hydrogens (tertiary/aromatic N) is 1. The molecular formula is C27H23FN4O. The molecule has 1 aromatic heterocycles. The van der Waals surface area contributed by atoms with Gasteiger partial charge in [-0.3, -0.25) is 9.78 Å². The van der Waals surface area contributed by atoms with Crippen molar-refractivity contribution in [1.82, 2.24) is 4.98 Å². The van der Waals surface area contributed by atoms with Crippen LogP contribution in [0.3, 0.4) is 0 Å². The molecule has 0 aliphatic heterocycles. The summed E-state index contributed by atoms with van der Waals surface area (Å²) in [7, 11) is 0. The Morgan fingerprint density at radius 3 is 2.27 bits per heavy atom. The van der Waals surface area contributed by atoms with E-state index < -0.39 is 0 Å². The van der Waals surface area contributed by atoms with Crippen LogP contribution in [0.5, 0.6) is 0 Å². The lowest BCUT2D eigenvalue weighted by Gasteiger charge is -2.62. The van der Waals surface area contributed by atoms with E-state index in [0.717, 1.165) is 28.7 Å². The van der Waals surface area contributed by atoms with E-state index in [1.807, 2.05) is 36.4 Å². The summed E-state index contributed by atoms with van der Waals surface area (Å²) in [5.74, 6) is 0.455. The number of rotatable bonds is 6. The van der Waals surface area contributed by atoms with Crippen molar-refractivity contribution in [2.45, 2.75) is 24.8 Å². The molecular weight excluding hydrogens is 415 g/mol. The van der Waals surface area contributed by atoms with Crippen molar-refractivity contribution in [1.29, 1.82) is 0 Å². The number of halogens is 1. The van der Waals surface area contributed by atoms with Gasteiger partial charge in [-0.05, 0) is 98.0 Å². The molecule has 33 heavy (non-hydrogen) atoms. The maximum absolute atomic E-state index is 13.7. The number of nitrogens with one attached hydrogen (secondary N) is 3. The van der Waals surface area contributed by atoms with Gasteiger partial charge in [0.1, 0.15) is 5.82 Å². The highest BCUT2D eigenvalue weighted by Gasteiger charge is 2.56. The molecule has 6 heteroatoms. The fourth-order valence-corrected chi connectivity index (χ4v) is 4.87. The molecule has 1 amide bonds. The van der Waals surface area contributed by atoms with Crippen molar-refractivity contribution in [3.63, 3.8) is 0 Å². The van der Waals surface area contributed by atoms with Crippen molar-refractivity contribution in [3.8, 4) is 0 Å². The quantitative estimate of drug-likeness (QED) is 0.329. The molecule has 0 unspecified atom stereocenters. The van der Waals surface area contributed by atoms with Gasteiger partial charge >= 0.3 is 0 Å². The van der Waals surface area contributed by atoms with E-state index in [1.54, 1.807) is 30.5 Å². The normalized spacial score (nSPS) is 20.5. The van der Waals surface area contributed by atoms with Gasteiger partial charge in [0.05, 0.1) is 5.52 Å². The van der Waals surface area contributed by atoms with Gasteiger partial charge in [0.15, 0.2) is 0 Å². The second-order valence-corrected chi connectivity index (χ2v) is 9.14. The number of amides is 1. The minimum atomic E-state index is -0.311. The first-order valence-electron chi connectivity index (χ1n) is 11.2. The third kappa shape index (κ3) is 3.78. The number of carbonyl (C=O) groups is 1. The Morgan fingerprint density at radius 1 is 0.879 bits per heavy atom. The Morgan fingerprint density at radius 2 is 1.58 bits per heavy atom. The maximum atomic E-state index is 13.7. The minimum Gasteiger partial charge on any atom is -0.380 e. The number of fused-ring (bicyclic) bond motifs is 1. The van der Waals surface area contributed by atoms with Crippen molar-refractivity contribution in [2.24, 2.45) is 5.92 Å². The van der Waals surface area contributed by atoms with Crippen molar-refractivity contribution in [2.75, 3.05) is 16.0 Å². The third-order valence-electron chi connectivity index (χ3n) is 6.72. The molecule has 0 saturated heterocycles. The van der Waals surface area contributed by atoms with E-state index in [-0.39, 0.29) is 11.7 Å². The summed E-state index contributed by atoms with van der Waals surface area (Å²) in [4.78, 5) is 16.9. The van der Waals surface area contributed by atoms with Gasteiger partial charge in [-0.25, -0.2) is 4.39 Å². The van der Waals surface area contributed by atoms with E-state index in [2.05, 4.69) is 20.9 Å². The van der Waals surface area contributed by atoms with E-state index >= 15 is 0 Å². The molecule has 2 bridgehead atoms. The average molecular weight is 439 g/mol. The SMILES string of the molecule is O=C(Nc1ccc(NC23CC(C2)C3)cc1)c1ccc(Nc2ccnc3ccc(F)cc23)cc1. The molecule has 0 radical (unpaired) electrons.